The molecule has 0 saturated carbocycles. The van der Waals surface area contributed by atoms with Crippen LogP contribution in [0.1, 0.15) is 36.3 Å². The number of nitrogens with one attached hydrogen (secondary N) is 1. The molecule has 1 fully saturated rings. The topological polar surface area (TPSA) is 53.2 Å². The van der Waals surface area contributed by atoms with Crippen LogP contribution in [0.3, 0.4) is 0 Å². The highest BCUT2D eigenvalue weighted by Crippen LogP contribution is 2.24. The maximum Gasteiger partial charge on any atom is 0.259 e. The second-order valence-corrected chi connectivity index (χ2v) is 5.77. The fourth-order valence-electron chi connectivity index (χ4n) is 2.29. The van der Waals surface area contributed by atoms with Gasteiger partial charge in [-0.1, -0.05) is 6.92 Å². The molecule has 1 aromatic rings. The van der Waals surface area contributed by atoms with Crippen LogP contribution in [-0.2, 0) is 0 Å². The Kier molecular flexibility index (Phi) is 3.61. The average Bonchev–Trinajstić information content (AvgIpc) is 2.67. The van der Waals surface area contributed by atoms with Gasteiger partial charge in [0.1, 0.15) is 5.56 Å². The molecular formula is C13H17BrN2O2. The van der Waals surface area contributed by atoms with Crippen molar-refractivity contribution in [2.24, 2.45) is 5.92 Å². The number of likely N-dealkylation sites (tertiary alicyclic amines) is 1. The van der Waals surface area contributed by atoms with Crippen molar-refractivity contribution in [3.05, 3.63) is 32.2 Å². The number of aromatic nitrogens is 1. The van der Waals surface area contributed by atoms with Crippen LogP contribution in [0, 0.1) is 12.8 Å². The lowest BCUT2D eigenvalue weighted by Crippen LogP contribution is -2.38. The van der Waals surface area contributed by atoms with Crippen molar-refractivity contribution in [2.75, 3.05) is 6.54 Å². The van der Waals surface area contributed by atoms with E-state index in [-0.39, 0.29) is 22.9 Å². The third-order valence-corrected chi connectivity index (χ3v) is 4.79. The SMILES string of the molecule is Cc1[nH]cc(C(=O)N2CC[C@H](C)[C@@H]2C)c(=O)c1Br. The third-order valence-electron chi connectivity index (χ3n) is 3.84. The van der Waals surface area contributed by atoms with Crippen LogP contribution in [0.15, 0.2) is 15.5 Å². The molecule has 1 aromatic heterocycles. The van der Waals surface area contributed by atoms with Gasteiger partial charge >= 0.3 is 0 Å². The Labute approximate surface area is 115 Å². The molecule has 4 nitrogen and oxygen atoms in total. The number of halogens is 1. The Balaban J connectivity index is 2.36. The van der Waals surface area contributed by atoms with E-state index < -0.39 is 0 Å². The van der Waals surface area contributed by atoms with Crippen LogP contribution < -0.4 is 5.43 Å². The summed E-state index contributed by atoms with van der Waals surface area (Å²) in [6.07, 6.45) is 2.51. The van der Waals surface area contributed by atoms with E-state index in [1.807, 2.05) is 6.92 Å². The minimum atomic E-state index is -0.233. The number of aromatic amines is 1. The van der Waals surface area contributed by atoms with Crippen molar-refractivity contribution >= 4 is 21.8 Å². The number of amides is 1. The number of carbonyl (C=O) groups is 1. The first-order chi connectivity index (χ1) is 8.43. The van der Waals surface area contributed by atoms with E-state index in [0.29, 0.717) is 10.4 Å². The molecule has 0 unspecified atom stereocenters. The molecule has 98 valence electrons. The van der Waals surface area contributed by atoms with Crippen LogP contribution >= 0.6 is 15.9 Å². The molecular weight excluding hydrogens is 296 g/mol. The van der Waals surface area contributed by atoms with Gasteiger partial charge in [0, 0.05) is 24.5 Å². The van der Waals surface area contributed by atoms with Crippen molar-refractivity contribution in [3.8, 4) is 0 Å². The Morgan fingerprint density at radius 3 is 2.72 bits per heavy atom. The first-order valence-electron chi connectivity index (χ1n) is 6.12. The van der Waals surface area contributed by atoms with Crippen LogP contribution in [0.2, 0.25) is 0 Å². The fraction of sp³-hybridized carbons (Fsp3) is 0.538. The second-order valence-electron chi connectivity index (χ2n) is 4.98. The molecule has 18 heavy (non-hydrogen) atoms. The summed E-state index contributed by atoms with van der Waals surface area (Å²) in [4.78, 5) is 29.2. The van der Waals surface area contributed by atoms with E-state index in [9.17, 15) is 9.59 Å². The van der Waals surface area contributed by atoms with E-state index in [1.165, 1.54) is 6.20 Å². The largest absolute Gasteiger partial charge is 0.363 e. The van der Waals surface area contributed by atoms with E-state index in [0.717, 1.165) is 18.7 Å². The number of hydrogen-bond donors (Lipinski definition) is 1. The summed E-state index contributed by atoms with van der Waals surface area (Å²) in [5.41, 5.74) is 0.718. The summed E-state index contributed by atoms with van der Waals surface area (Å²) in [5, 5.41) is 0. The molecule has 1 aliphatic heterocycles. The van der Waals surface area contributed by atoms with Gasteiger partial charge in [0.15, 0.2) is 0 Å². The van der Waals surface area contributed by atoms with Gasteiger partial charge in [0.25, 0.3) is 5.91 Å². The van der Waals surface area contributed by atoms with Crippen LogP contribution in [0.4, 0.5) is 0 Å². The number of pyridine rings is 1. The molecule has 0 aliphatic carbocycles. The number of aryl methyl sites for hydroxylation is 1. The van der Waals surface area contributed by atoms with Gasteiger partial charge < -0.3 is 9.88 Å². The highest BCUT2D eigenvalue weighted by molar-refractivity contribution is 9.10. The quantitative estimate of drug-likeness (QED) is 0.865. The van der Waals surface area contributed by atoms with Crippen LogP contribution in [-0.4, -0.2) is 28.4 Å². The maximum absolute atomic E-state index is 12.4. The molecule has 0 aromatic carbocycles. The van der Waals surface area contributed by atoms with Gasteiger partial charge in [-0.05, 0) is 42.1 Å². The molecule has 1 saturated heterocycles. The summed E-state index contributed by atoms with van der Waals surface area (Å²) in [7, 11) is 0. The molecule has 0 spiro atoms. The lowest BCUT2D eigenvalue weighted by atomic mass is 10.1. The van der Waals surface area contributed by atoms with E-state index in [2.05, 4.69) is 27.8 Å². The summed E-state index contributed by atoms with van der Waals surface area (Å²) in [6, 6.07) is 0.192. The number of hydrogen-bond acceptors (Lipinski definition) is 2. The Hall–Kier alpha value is -1.10. The molecule has 1 N–H and O–H groups in total. The standard InChI is InChI=1S/C13H17BrN2O2/c1-7-4-5-16(9(7)3)13(18)10-6-15-8(2)11(14)12(10)17/h6-7,9H,4-5H2,1-3H3,(H,15,17)/t7-,9-/m0/s1. The van der Waals surface area contributed by atoms with Crippen molar-refractivity contribution in [2.45, 2.75) is 33.2 Å². The minimum absolute atomic E-state index is 0.172. The number of carbonyl (C=O) groups excluding carboxylic acids is 1. The monoisotopic (exact) mass is 312 g/mol. The summed E-state index contributed by atoms with van der Waals surface area (Å²) >= 11 is 3.22. The molecule has 2 heterocycles. The molecule has 1 aliphatic rings. The van der Waals surface area contributed by atoms with Crippen molar-refractivity contribution < 1.29 is 4.79 Å². The summed E-state index contributed by atoms with van der Waals surface area (Å²) in [6.45, 7) is 6.69. The number of nitrogens with zero attached hydrogens (tertiary/aromatic N) is 1. The molecule has 0 bridgehead atoms. The zero-order chi connectivity index (χ0) is 13.4. The Morgan fingerprint density at radius 1 is 1.50 bits per heavy atom. The minimum Gasteiger partial charge on any atom is -0.363 e. The highest BCUT2D eigenvalue weighted by atomic mass is 79.9. The zero-order valence-corrected chi connectivity index (χ0v) is 12.4. The number of H-pyrrole nitrogens is 1. The van der Waals surface area contributed by atoms with E-state index in [1.54, 1.807) is 11.8 Å². The molecule has 5 heteroatoms. The molecule has 0 radical (unpaired) electrons. The zero-order valence-electron chi connectivity index (χ0n) is 10.8. The van der Waals surface area contributed by atoms with Gasteiger partial charge in [-0.2, -0.15) is 0 Å². The summed E-state index contributed by atoms with van der Waals surface area (Å²) < 4.78 is 0.438. The normalized spacial score (nSPS) is 23.4. The van der Waals surface area contributed by atoms with Gasteiger partial charge in [-0.25, -0.2) is 0 Å². The molecule has 2 rings (SSSR count). The van der Waals surface area contributed by atoms with Crippen LogP contribution in [0.5, 0.6) is 0 Å². The van der Waals surface area contributed by atoms with E-state index >= 15 is 0 Å². The van der Waals surface area contributed by atoms with Crippen molar-refractivity contribution in [1.29, 1.82) is 0 Å². The first kappa shape index (κ1) is 13.3. The highest BCUT2D eigenvalue weighted by Gasteiger charge is 2.32. The maximum atomic E-state index is 12.4. The third kappa shape index (κ3) is 2.11. The Bertz CT molecular complexity index is 538. The Morgan fingerprint density at radius 2 is 2.17 bits per heavy atom. The van der Waals surface area contributed by atoms with Crippen LogP contribution in [0.25, 0.3) is 0 Å². The fourth-order valence-corrected chi connectivity index (χ4v) is 2.62. The number of rotatable bonds is 1. The van der Waals surface area contributed by atoms with Gasteiger partial charge in [0.2, 0.25) is 5.43 Å². The average molecular weight is 313 g/mol. The predicted octanol–water partition coefficient (Wildman–Crippen LogP) is 2.32. The van der Waals surface area contributed by atoms with Crippen molar-refractivity contribution in [1.82, 2.24) is 9.88 Å². The first-order valence-corrected chi connectivity index (χ1v) is 6.91. The summed E-state index contributed by atoms with van der Waals surface area (Å²) in [5.74, 6) is 0.315. The second kappa shape index (κ2) is 4.88. The van der Waals surface area contributed by atoms with Gasteiger partial charge in [-0.15, -0.1) is 0 Å². The molecule has 1 amide bonds. The lowest BCUT2D eigenvalue weighted by Gasteiger charge is -2.23. The van der Waals surface area contributed by atoms with Gasteiger partial charge in [0.05, 0.1) is 4.47 Å². The molecule has 2 atom stereocenters. The lowest BCUT2D eigenvalue weighted by molar-refractivity contribution is 0.0733. The van der Waals surface area contributed by atoms with Crippen molar-refractivity contribution in [3.63, 3.8) is 0 Å². The smallest absolute Gasteiger partial charge is 0.259 e. The predicted molar refractivity (Wildman–Crippen MR) is 73.8 cm³/mol. The van der Waals surface area contributed by atoms with Gasteiger partial charge in [-0.3, -0.25) is 9.59 Å². The van der Waals surface area contributed by atoms with E-state index in [4.69, 9.17) is 0 Å².